The van der Waals surface area contributed by atoms with Crippen LogP contribution >= 0.6 is 11.3 Å². The monoisotopic (exact) mass is 440 g/mol. The highest BCUT2D eigenvalue weighted by Gasteiger charge is 2.21. The van der Waals surface area contributed by atoms with Gasteiger partial charge < -0.3 is 10.1 Å². The molecule has 0 bridgehead atoms. The zero-order valence-corrected chi connectivity index (χ0v) is 18.7. The summed E-state index contributed by atoms with van der Waals surface area (Å²) in [7, 11) is 0. The summed E-state index contributed by atoms with van der Waals surface area (Å²) >= 11 is 1.41. The Morgan fingerprint density at radius 2 is 2.13 bits per heavy atom. The van der Waals surface area contributed by atoms with E-state index in [1.54, 1.807) is 0 Å². The van der Waals surface area contributed by atoms with E-state index in [2.05, 4.69) is 29.0 Å². The van der Waals surface area contributed by atoms with E-state index in [9.17, 15) is 9.59 Å². The third-order valence-electron chi connectivity index (χ3n) is 5.25. The minimum absolute atomic E-state index is 0.0282. The Hall–Kier alpha value is -2.55. The zero-order chi connectivity index (χ0) is 21.8. The van der Waals surface area contributed by atoms with Gasteiger partial charge in [-0.3, -0.25) is 19.1 Å². The molecule has 1 fully saturated rings. The van der Waals surface area contributed by atoms with E-state index in [-0.39, 0.29) is 24.1 Å². The van der Waals surface area contributed by atoms with Crippen LogP contribution in [0.3, 0.4) is 0 Å². The van der Waals surface area contributed by atoms with Crippen molar-refractivity contribution in [2.24, 2.45) is 5.92 Å². The second-order valence-corrected chi connectivity index (χ2v) is 9.37. The fraction of sp³-hybridized carbons (Fsp3) is 0.435. The molecule has 31 heavy (non-hydrogen) atoms. The van der Waals surface area contributed by atoms with Gasteiger partial charge in [0.05, 0.1) is 24.6 Å². The Labute approximate surface area is 185 Å². The summed E-state index contributed by atoms with van der Waals surface area (Å²) in [5, 5.41) is 2.91. The molecular formula is C23H28N4O3S. The van der Waals surface area contributed by atoms with Crippen LogP contribution in [0.15, 0.2) is 47.5 Å². The molecule has 1 aliphatic rings. The van der Waals surface area contributed by atoms with Crippen LogP contribution in [-0.2, 0) is 16.1 Å². The van der Waals surface area contributed by atoms with Crippen molar-refractivity contribution in [1.82, 2.24) is 19.8 Å². The Morgan fingerprint density at radius 3 is 2.90 bits per heavy atom. The summed E-state index contributed by atoms with van der Waals surface area (Å²) in [6.45, 7) is 8.23. The lowest BCUT2D eigenvalue weighted by Crippen LogP contribution is -2.48. The number of hydrogen-bond donors (Lipinski definition) is 1. The van der Waals surface area contributed by atoms with Crippen molar-refractivity contribution in [3.05, 3.63) is 53.1 Å². The first-order chi connectivity index (χ1) is 15.0. The number of amides is 1. The van der Waals surface area contributed by atoms with Crippen LogP contribution in [-0.4, -0.2) is 59.2 Å². The number of thiophene rings is 1. The smallest absolute Gasteiger partial charge is 0.271 e. The third kappa shape index (κ3) is 5.39. The van der Waals surface area contributed by atoms with E-state index in [0.717, 1.165) is 30.1 Å². The van der Waals surface area contributed by atoms with Gasteiger partial charge in [0.15, 0.2) is 0 Å². The first-order valence-corrected chi connectivity index (χ1v) is 11.5. The predicted octanol–water partition coefficient (Wildman–Crippen LogP) is 2.60. The molecule has 0 radical (unpaired) electrons. The van der Waals surface area contributed by atoms with Crippen LogP contribution in [0.2, 0.25) is 0 Å². The predicted molar refractivity (Wildman–Crippen MR) is 123 cm³/mol. The highest BCUT2D eigenvalue weighted by Crippen LogP contribution is 2.30. The first-order valence-electron chi connectivity index (χ1n) is 10.6. The van der Waals surface area contributed by atoms with Crippen LogP contribution in [0.1, 0.15) is 13.8 Å². The van der Waals surface area contributed by atoms with Crippen molar-refractivity contribution >= 4 is 27.5 Å². The molecule has 3 heterocycles. The molecule has 1 saturated heterocycles. The maximum absolute atomic E-state index is 12.9. The number of aromatic nitrogens is 2. The topological polar surface area (TPSA) is 76.5 Å². The van der Waals surface area contributed by atoms with Gasteiger partial charge in [-0.25, -0.2) is 4.98 Å². The summed E-state index contributed by atoms with van der Waals surface area (Å²) < 4.78 is 7.72. The van der Waals surface area contributed by atoms with Crippen LogP contribution in [0.5, 0.6) is 0 Å². The summed E-state index contributed by atoms with van der Waals surface area (Å²) in [5.74, 6) is 0.384. The van der Waals surface area contributed by atoms with Crippen LogP contribution < -0.4 is 10.9 Å². The number of ether oxygens (including phenoxy) is 1. The molecular weight excluding hydrogens is 412 g/mol. The zero-order valence-electron chi connectivity index (χ0n) is 17.9. The summed E-state index contributed by atoms with van der Waals surface area (Å²) in [5.41, 5.74) is 1.52. The van der Waals surface area contributed by atoms with E-state index in [1.807, 2.05) is 36.4 Å². The molecule has 0 spiro atoms. The molecule has 1 unspecified atom stereocenters. The van der Waals surface area contributed by atoms with Gasteiger partial charge in [0, 0.05) is 31.1 Å². The highest BCUT2D eigenvalue weighted by atomic mass is 32.1. The molecule has 2 aromatic heterocycles. The molecule has 1 N–H and O–H groups in total. The molecule has 164 valence electrons. The lowest BCUT2D eigenvalue weighted by molar-refractivity contribution is -0.123. The van der Waals surface area contributed by atoms with E-state index < -0.39 is 0 Å². The molecule has 0 aliphatic carbocycles. The van der Waals surface area contributed by atoms with E-state index in [1.165, 1.54) is 22.2 Å². The average Bonchev–Trinajstić information content (AvgIpc) is 3.20. The number of nitrogens with one attached hydrogen (secondary N) is 1. The van der Waals surface area contributed by atoms with Gasteiger partial charge in [-0.15, -0.1) is 11.3 Å². The van der Waals surface area contributed by atoms with Gasteiger partial charge in [-0.1, -0.05) is 44.2 Å². The molecule has 0 saturated carbocycles. The maximum Gasteiger partial charge on any atom is 0.271 e. The van der Waals surface area contributed by atoms with Crippen molar-refractivity contribution in [2.75, 3.05) is 32.8 Å². The van der Waals surface area contributed by atoms with E-state index >= 15 is 0 Å². The second-order valence-electron chi connectivity index (χ2n) is 8.32. The molecule has 1 atom stereocenters. The Morgan fingerprint density at radius 1 is 1.32 bits per heavy atom. The van der Waals surface area contributed by atoms with Crippen molar-refractivity contribution < 1.29 is 9.53 Å². The summed E-state index contributed by atoms with van der Waals surface area (Å²) in [6, 6.07) is 11.8. The van der Waals surface area contributed by atoms with Gasteiger partial charge >= 0.3 is 0 Å². The fourth-order valence-corrected chi connectivity index (χ4v) is 4.89. The Kier molecular flexibility index (Phi) is 6.80. The van der Waals surface area contributed by atoms with Crippen LogP contribution in [0.25, 0.3) is 20.7 Å². The Balaban J connectivity index is 1.38. The van der Waals surface area contributed by atoms with Crippen LogP contribution in [0.4, 0.5) is 0 Å². The quantitative estimate of drug-likeness (QED) is 0.611. The summed E-state index contributed by atoms with van der Waals surface area (Å²) in [4.78, 5) is 33.1. The molecule has 3 aromatic rings. The first kappa shape index (κ1) is 21.7. The lowest BCUT2D eigenvalue weighted by atomic mass is 10.2. The van der Waals surface area contributed by atoms with Crippen molar-refractivity contribution in [1.29, 1.82) is 0 Å². The summed E-state index contributed by atoms with van der Waals surface area (Å²) in [6.07, 6.45) is 1.42. The van der Waals surface area contributed by atoms with Gasteiger partial charge in [-0.2, -0.15) is 0 Å². The van der Waals surface area contributed by atoms with Gasteiger partial charge in [-0.05, 0) is 17.5 Å². The number of morpholine rings is 1. The largest absolute Gasteiger partial charge is 0.374 e. The average molecular weight is 441 g/mol. The normalized spacial score (nSPS) is 17.3. The number of carbonyl (C=O) groups excluding carboxylic acids is 1. The van der Waals surface area contributed by atoms with Crippen molar-refractivity contribution in [2.45, 2.75) is 26.5 Å². The SMILES string of the molecule is CC(C)CN1CCOC(CNC(=O)Cn2cnc3cc(-c4ccccc4)sc3c2=O)C1. The maximum atomic E-state index is 12.9. The molecule has 7 nitrogen and oxygen atoms in total. The van der Waals surface area contributed by atoms with E-state index in [4.69, 9.17) is 4.74 Å². The minimum Gasteiger partial charge on any atom is -0.374 e. The van der Waals surface area contributed by atoms with Crippen molar-refractivity contribution in [3.8, 4) is 10.4 Å². The number of benzene rings is 1. The number of nitrogens with zero attached hydrogens (tertiary/aromatic N) is 3. The fourth-order valence-electron chi connectivity index (χ4n) is 3.83. The molecule has 8 heteroatoms. The molecule has 4 rings (SSSR count). The lowest BCUT2D eigenvalue weighted by Gasteiger charge is -2.33. The Bertz CT molecular complexity index is 1090. The minimum atomic E-state index is -0.215. The van der Waals surface area contributed by atoms with Gasteiger partial charge in [0.1, 0.15) is 11.2 Å². The number of rotatable bonds is 7. The van der Waals surface area contributed by atoms with Gasteiger partial charge in [0.2, 0.25) is 5.91 Å². The standard InChI is InChI=1S/C23H28N4O3S/c1-16(2)12-26-8-9-30-18(13-26)11-24-21(28)14-27-15-25-19-10-20(31-22(19)23(27)29)17-6-4-3-5-7-17/h3-7,10,15-16,18H,8-9,11-14H2,1-2H3,(H,24,28). The van der Waals surface area contributed by atoms with Crippen molar-refractivity contribution in [3.63, 3.8) is 0 Å². The number of fused-ring (bicyclic) bond motifs is 1. The number of carbonyl (C=O) groups is 1. The molecule has 1 aliphatic heterocycles. The highest BCUT2D eigenvalue weighted by molar-refractivity contribution is 7.22. The second kappa shape index (κ2) is 9.72. The third-order valence-corrected chi connectivity index (χ3v) is 6.41. The molecule has 1 aromatic carbocycles. The van der Waals surface area contributed by atoms with E-state index in [0.29, 0.717) is 29.3 Å². The van der Waals surface area contributed by atoms with Crippen LogP contribution in [0, 0.1) is 5.92 Å². The molecule has 1 amide bonds. The van der Waals surface area contributed by atoms with Gasteiger partial charge in [0.25, 0.3) is 5.56 Å². The number of hydrogen-bond acceptors (Lipinski definition) is 6.